The number of hydrogen-bond acceptors (Lipinski definition) is 6. The minimum Gasteiger partial charge on any atom is -0.408 e. The molecule has 0 aliphatic carbocycles. The van der Waals surface area contributed by atoms with E-state index in [4.69, 9.17) is 9.40 Å². The first kappa shape index (κ1) is 20.3. The van der Waals surface area contributed by atoms with Gasteiger partial charge in [-0.05, 0) is 55.9 Å². The molecule has 8 heteroatoms. The Kier molecular flexibility index (Phi) is 5.14. The molecule has 2 aromatic heterocycles. The molecule has 1 amide bonds. The summed E-state index contributed by atoms with van der Waals surface area (Å²) in [5.41, 5.74) is 3.74. The van der Waals surface area contributed by atoms with Crippen molar-refractivity contribution in [2.24, 2.45) is 0 Å². The summed E-state index contributed by atoms with van der Waals surface area (Å²) in [6.45, 7) is 5.92. The van der Waals surface area contributed by atoms with Crippen LogP contribution in [0.4, 0.5) is 11.5 Å². The lowest BCUT2D eigenvalue weighted by atomic mass is 10.1. The van der Waals surface area contributed by atoms with Crippen molar-refractivity contribution in [1.82, 2.24) is 14.5 Å². The molecule has 1 fully saturated rings. The van der Waals surface area contributed by atoms with Gasteiger partial charge in [0.25, 0.3) is 0 Å². The number of likely N-dealkylation sites (N-methyl/N-ethyl adjacent to an activating group) is 1. The Hall–Kier alpha value is -3.65. The van der Waals surface area contributed by atoms with Gasteiger partial charge in [-0.15, -0.1) is 0 Å². The van der Waals surface area contributed by atoms with E-state index in [1.54, 1.807) is 24.3 Å². The SMILES string of the molecule is Cc1cc(N2CCN(C)CC2)nc2ccc(NC(=O)Cn3c(=O)oc4ccccc43)cc12. The number of carbonyl (C=O) groups is 1. The van der Waals surface area contributed by atoms with Crippen molar-refractivity contribution in [3.05, 3.63) is 64.6 Å². The zero-order valence-electron chi connectivity index (χ0n) is 18.2. The van der Waals surface area contributed by atoms with Crippen LogP contribution < -0.4 is 16.0 Å². The smallest absolute Gasteiger partial charge is 0.408 e. The van der Waals surface area contributed by atoms with E-state index in [0.29, 0.717) is 16.8 Å². The summed E-state index contributed by atoms with van der Waals surface area (Å²) >= 11 is 0. The summed E-state index contributed by atoms with van der Waals surface area (Å²) < 4.78 is 6.54. The summed E-state index contributed by atoms with van der Waals surface area (Å²) in [7, 11) is 2.14. The molecule has 1 saturated heterocycles. The average Bonchev–Trinajstić information content (AvgIpc) is 3.09. The molecule has 0 bridgehead atoms. The van der Waals surface area contributed by atoms with Gasteiger partial charge in [0.15, 0.2) is 5.58 Å². The Morgan fingerprint density at radius 2 is 1.88 bits per heavy atom. The number of oxazole rings is 1. The number of nitrogens with zero attached hydrogens (tertiary/aromatic N) is 4. The summed E-state index contributed by atoms with van der Waals surface area (Å²) in [6.07, 6.45) is 0. The topological polar surface area (TPSA) is 83.6 Å². The van der Waals surface area contributed by atoms with E-state index in [0.717, 1.165) is 48.5 Å². The lowest BCUT2D eigenvalue weighted by Crippen LogP contribution is -2.44. The fourth-order valence-corrected chi connectivity index (χ4v) is 4.16. The van der Waals surface area contributed by atoms with Gasteiger partial charge in [0.1, 0.15) is 12.4 Å². The van der Waals surface area contributed by atoms with Crippen LogP contribution in [0.25, 0.3) is 22.0 Å². The lowest BCUT2D eigenvalue weighted by molar-refractivity contribution is -0.116. The average molecular weight is 431 g/mol. The fourth-order valence-electron chi connectivity index (χ4n) is 4.16. The Labute approximate surface area is 185 Å². The number of benzene rings is 2. The molecule has 164 valence electrons. The van der Waals surface area contributed by atoms with Gasteiger partial charge in [-0.25, -0.2) is 9.78 Å². The van der Waals surface area contributed by atoms with Gasteiger partial charge in [-0.3, -0.25) is 9.36 Å². The summed E-state index contributed by atoms with van der Waals surface area (Å²) in [5.74, 6) is 0.153. The van der Waals surface area contributed by atoms with E-state index in [1.165, 1.54) is 4.57 Å². The van der Waals surface area contributed by atoms with Crippen LogP contribution in [0.2, 0.25) is 0 Å². The van der Waals surface area contributed by atoms with E-state index >= 15 is 0 Å². The van der Waals surface area contributed by atoms with Crippen molar-refractivity contribution in [3.63, 3.8) is 0 Å². The Bertz CT molecular complexity index is 1370. The van der Waals surface area contributed by atoms with E-state index < -0.39 is 5.76 Å². The first-order valence-corrected chi connectivity index (χ1v) is 10.7. The van der Waals surface area contributed by atoms with Crippen LogP contribution in [0, 0.1) is 6.92 Å². The molecule has 1 aliphatic rings. The second-order valence-corrected chi connectivity index (χ2v) is 8.29. The molecule has 1 aliphatic heterocycles. The van der Waals surface area contributed by atoms with Crippen molar-refractivity contribution in [2.45, 2.75) is 13.5 Å². The predicted molar refractivity (Wildman–Crippen MR) is 125 cm³/mol. The van der Waals surface area contributed by atoms with Crippen LogP contribution in [0.3, 0.4) is 0 Å². The molecule has 2 aromatic carbocycles. The monoisotopic (exact) mass is 431 g/mol. The van der Waals surface area contributed by atoms with Gasteiger partial charge in [0.2, 0.25) is 5.91 Å². The molecule has 32 heavy (non-hydrogen) atoms. The quantitative estimate of drug-likeness (QED) is 0.535. The number of rotatable bonds is 4. The predicted octanol–water partition coefficient (Wildman–Crippen LogP) is 2.84. The van der Waals surface area contributed by atoms with Gasteiger partial charge in [-0.2, -0.15) is 0 Å². The molecule has 8 nitrogen and oxygen atoms in total. The minimum absolute atomic E-state index is 0.118. The highest BCUT2D eigenvalue weighted by atomic mass is 16.4. The molecule has 0 radical (unpaired) electrons. The van der Waals surface area contributed by atoms with E-state index in [1.807, 2.05) is 18.2 Å². The second kappa shape index (κ2) is 8.12. The minimum atomic E-state index is -0.545. The molecule has 0 saturated carbocycles. The number of hydrogen-bond donors (Lipinski definition) is 1. The molecule has 1 N–H and O–H groups in total. The third-order valence-electron chi connectivity index (χ3n) is 5.99. The number of amides is 1. The first-order valence-electron chi connectivity index (χ1n) is 10.7. The van der Waals surface area contributed by atoms with Crippen LogP contribution in [0.15, 0.2) is 57.7 Å². The summed E-state index contributed by atoms with van der Waals surface area (Å²) in [4.78, 5) is 34.3. The van der Waals surface area contributed by atoms with Crippen molar-refractivity contribution < 1.29 is 9.21 Å². The normalized spacial score (nSPS) is 14.9. The van der Waals surface area contributed by atoms with E-state index in [9.17, 15) is 9.59 Å². The Balaban J connectivity index is 1.36. The highest BCUT2D eigenvalue weighted by Gasteiger charge is 2.17. The van der Waals surface area contributed by atoms with E-state index in [2.05, 4.69) is 35.2 Å². The van der Waals surface area contributed by atoms with Crippen molar-refractivity contribution in [2.75, 3.05) is 43.4 Å². The highest BCUT2D eigenvalue weighted by molar-refractivity contribution is 5.95. The molecule has 0 atom stereocenters. The van der Waals surface area contributed by atoms with Crippen molar-refractivity contribution in [3.8, 4) is 0 Å². The van der Waals surface area contributed by atoms with Gasteiger partial charge < -0.3 is 19.5 Å². The Morgan fingerprint density at radius 1 is 1.09 bits per heavy atom. The van der Waals surface area contributed by atoms with Gasteiger partial charge in [-0.1, -0.05) is 12.1 Å². The first-order chi connectivity index (χ1) is 15.5. The molecule has 0 spiro atoms. The van der Waals surface area contributed by atoms with Gasteiger partial charge in [0.05, 0.1) is 11.0 Å². The van der Waals surface area contributed by atoms with Gasteiger partial charge in [0, 0.05) is 37.3 Å². The van der Waals surface area contributed by atoms with Crippen LogP contribution in [-0.2, 0) is 11.3 Å². The number of aryl methyl sites for hydroxylation is 1. The number of anilines is 2. The lowest BCUT2D eigenvalue weighted by Gasteiger charge is -2.33. The number of piperazine rings is 1. The highest BCUT2D eigenvalue weighted by Crippen LogP contribution is 2.26. The number of nitrogens with one attached hydrogen (secondary N) is 1. The maximum atomic E-state index is 12.6. The molecule has 4 aromatic rings. The summed E-state index contributed by atoms with van der Waals surface area (Å²) in [5, 5.41) is 3.88. The Morgan fingerprint density at radius 3 is 2.69 bits per heavy atom. The molecule has 0 unspecified atom stereocenters. The molecular weight excluding hydrogens is 406 g/mol. The largest absolute Gasteiger partial charge is 0.420 e. The van der Waals surface area contributed by atoms with Crippen LogP contribution in [-0.4, -0.2) is 53.6 Å². The maximum absolute atomic E-state index is 12.6. The standard InChI is InChI=1S/C24H25N5O3/c1-16-13-22(28-11-9-27(2)10-12-28)26-19-8-7-17(14-18(16)19)25-23(30)15-29-20-5-3-4-6-21(20)32-24(29)31/h3-8,13-14H,9-12,15H2,1-2H3,(H,25,30). The van der Waals surface area contributed by atoms with Crippen molar-refractivity contribution in [1.29, 1.82) is 0 Å². The third kappa shape index (κ3) is 3.85. The van der Waals surface area contributed by atoms with Crippen LogP contribution >= 0.6 is 0 Å². The maximum Gasteiger partial charge on any atom is 0.420 e. The van der Waals surface area contributed by atoms with Gasteiger partial charge >= 0.3 is 5.76 Å². The number of carbonyl (C=O) groups excluding carboxylic acids is 1. The van der Waals surface area contributed by atoms with Crippen molar-refractivity contribution >= 4 is 39.4 Å². The summed E-state index contributed by atoms with van der Waals surface area (Å²) in [6, 6.07) is 14.9. The molecule has 3 heterocycles. The fraction of sp³-hybridized carbons (Fsp3) is 0.292. The number of para-hydroxylation sites is 2. The second-order valence-electron chi connectivity index (χ2n) is 8.29. The number of aromatic nitrogens is 2. The zero-order valence-corrected chi connectivity index (χ0v) is 18.2. The molecular formula is C24H25N5O3. The number of fused-ring (bicyclic) bond motifs is 2. The zero-order chi connectivity index (χ0) is 22.2. The van der Waals surface area contributed by atoms with Crippen LogP contribution in [0.5, 0.6) is 0 Å². The third-order valence-corrected chi connectivity index (χ3v) is 5.99. The number of pyridine rings is 1. The van der Waals surface area contributed by atoms with E-state index in [-0.39, 0.29) is 12.5 Å². The van der Waals surface area contributed by atoms with Crippen LogP contribution in [0.1, 0.15) is 5.56 Å². The molecule has 5 rings (SSSR count).